The highest BCUT2D eigenvalue weighted by atomic mass is 16.5. The quantitative estimate of drug-likeness (QED) is 0.338. The molecule has 0 spiro atoms. The summed E-state index contributed by atoms with van der Waals surface area (Å²) in [5, 5.41) is 11.0. The number of carbonyl (C=O) groups excluding carboxylic acids is 4. The Balaban J connectivity index is 2.14. The number of benzene rings is 2. The van der Waals surface area contributed by atoms with Crippen molar-refractivity contribution in [1.82, 2.24) is 21.3 Å². The maximum atomic E-state index is 13.1. The van der Waals surface area contributed by atoms with E-state index in [0.717, 1.165) is 11.1 Å². The van der Waals surface area contributed by atoms with Gasteiger partial charge >= 0.3 is 23.6 Å². The monoisotopic (exact) mass is 584 g/mol. The van der Waals surface area contributed by atoms with E-state index in [1.165, 1.54) is 28.4 Å². The summed E-state index contributed by atoms with van der Waals surface area (Å²) in [5.41, 5.74) is 4.23. The third-order valence-corrected chi connectivity index (χ3v) is 6.82. The topological polar surface area (TPSA) is 153 Å². The van der Waals surface area contributed by atoms with E-state index >= 15 is 0 Å². The van der Waals surface area contributed by atoms with Crippen LogP contribution in [0.4, 0.5) is 0 Å². The molecule has 3 rings (SSSR count). The lowest BCUT2D eigenvalue weighted by Crippen LogP contribution is -2.45. The zero-order chi connectivity index (χ0) is 30.8. The Morgan fingerprint density at radius 3 is 0.857 bits per heavy atom. The average Bonchev–Trinajstić information content (AvgIpc) is 2.94. The summed E-state index contributed by atoms with van der Waals surface area (Å²) in [7, 11) is 5.95. The predicted molar refractivity (Wildman–Crippen MR) is 153 cm³/mol. The van der Waals surface area contributed by atoms with Crippen molar-refractivity contribution in [2.24, 2.45) is 0 Å². The van der Waals surface area contributed by atoms with E-state index in [9.17, 15) is 19.2 Å². The van der Waals surface area contributed by atoms with Gasteiger partial charge < -0.3 is 40.2 Å². The van der Waals surface area contributed by atoms with Gasteiger partial charge in [0.25, 0.3) is 0 Å². The summed E-state index contributed by atoms with van der Waals surface area (Å²) < 4.78 is 21.4. The number of hydrogen-bond acceptors (Lipinski definition) is 8. The maximum absolute atomic E-state index is 13.1. The average molecular weight is 585 g/mol. The zero-order valence-corrected chi connectivity index (χ0v) is 24.9. The SMILES string of the molecule is COCC1NC(=O)C(=O)NC(COC)c2cc(C)cc(c2)C(COC)NC(=O)C(=O)NC(COC)c2cc(C)cc1c2. The Bertz CT molecular complexity index is 1100. The molecule has 0 aliphatic carbocycles. The largest absolute Gasteiger partial charge is 0.382 e. The first-order chi connectivity index (χ1) is 20.1. The van der Waals surface area contributed by atoms with Gasteiger partial charge in [0.05, 0.1) is 50.6 Å². The van der Waals surface area contributed by atoms with Crippen LogP contribution in [0.5, 0.6) is 0 Å². The van der Waals surface area contributed by atoms with E-state index in [0.29, 0.717) is 22.3 Å². The van der Waals surface area contributed by atoms with Crippen LogP contribution >= 0.6 is 0 Å². The number of methoxy groups -OCH3 is 4. The second-order valence-electron chi connectivity index (χ2n) is 10.3. The van der Waals surface area contributed by atoms with Gasteiger partial charge in [-0.2, -0.15) is 0 Å². The number of nitrogens with one attached hydrogen (secondary N) is 4. The molecule has 4 N–H and O–H groups in total. The van der Waals surface area contributed by atoms with Gasteiger partial charge in [0, 0.05) is 28.4 Å². The molecule has 12 heteroatoms. The minimum Gasteiger partial charge on any atom is -0.382 e. The van der Waals surface area contributed by atoms with Crippen molar-refractivity contribution in [2.75, 3.05) is 54.9 Å². The Labute approximate surface area is 245 Å². The summed E-state index contributed by atoms with van der Waals surface area (Å²) in [6, 6.07) is 8.19. The lowest BCUT2D eigenvalue weighted by molar-refractivity contribution is -0.140. The van der Waals surface area contributed by atoms with Gasteiger partial charge in [0.15, 0.2) is 0 Å². The third kappa shape index (κ3) is 8.58. The molecule has 0 saturated carbocycles. The molecule has 4 unspecified atom stereocenters. The van der Waals surface area contributed by atoms with E-state index < -0.39 is 47.8 Å². The maximum Gasteiger partial charge on any atom is 0.309 e. The summed E-state index contributed by atoms with van der Waals surface area (Å²) in [4.78, 5) is 52.5. The molecule has 1 heterocycles. The number of ether oxygens (including phenoxy) is 4. The van der Waals surface area contributed by atoms with E-state index in [1.807, 2.05) is 38.1 Å². The lowest BCUT2D eigenvalue weighted by atomic mass is 9.96. The fraction of sp³-hybridized carbons (Fsp3) is 0.467. The first kappa shape index (κ1) is 32.7. The van der Waals surface area contributed by atoms with E-state index in [1.54, 1.807) is 12.1 Å². The van der Waals surface area contributed by atoms with Crippen molar-refractivity contribution >= 4 is 23.6 Å². The number of aryl methyl sites for hydroxylation is 2. The van der Waals surface area contributed by atoms with E-state index in [2.05, 4.69) is 21.3 Å². The highest BCUT2D eigenvalue weighted by molar-refractivity contribution is 6.35. The van der Waals surface area contributed by atoms with Gasteiger partial charge in [0.1, 0.15) is 0 Å². The third-order valence-electron chi connectivity index (χ3n) is 6.82. The molecule has 228 valence electrons. The molecule has 4 bridgehead atoms. The summed E-state index contributed by atoms with van der Waals surface area (Å²) in [6.07, 6.45) is 0. The van der Waals surface area contributed by atoms with Crippen LogP contribution in [-0.4, -0.2) is 78.5 Å². The van der Waals surface area contributed by atoms with Crippen molar-refractivity contribution in [3.8, 4) is 0 Å². The van der Waals surface area contributed by atoms with Crippen LogP contribution in [-0.2, 0) is 38.1 Å². The van der Waals surface area contributed by atoms with Crippen molar-refractivity contribution in [3.63, 3.8) is 0 Å². The molecule has 0 radical (unpaired) electrons. The molecule has 2 aromatic rings. The van der Waals surface area contributed by atoms with Crippen LogP contribution in [0.2, 0.25) is 0 Å². The standard InChI is InChI=1S/C30H40N4O8/c1-17-7-19-11-20(8-17)24(14-40-4)32-28(36)30(38)34-26(16-42-6)22-10-18(2)9-21(12-22)25(15-41-5)33-29(37)27(35)31-23(19)13-39-3/h7-12,23-26H,13-16H2,1-6H3,(H,31,35)(H,32,36)(H,33,37)(H,34,38). The fourth-order valence-electron chi connectivity index (χ4n) is 4.94. The highest BCUT2D eigenvalue weighted by Crippen LogP contribution is 2.25. The Hall–Kier alpha value is -3.84. The first-order valence-electron chi connectivity index (χ1n) is 13.5. The van der Waals surface area contributed by atoms with Crippen LogP contribution in [0.1, 0.15) is 57.5 Å². The molecule has 12 nitrogen and oxygen atoms in total. The van der Waals surface area contributed by atoms with Crippen LogP contribution < -0.4 is 21.3 Å². The summed E-state index contributed by atoms with van der Waals surface area (Å²) in [5.74, 6) is -3.38. The van der Waals surface area contributed by atoms with Gasteiger partial charge in [0.2, 0.25) is 0 Å². The molecule has 0 aromatic heterocycles. The lowest BCUT2D eigenvalue weighted by Gasteiger charge is -2.25. The van der Waals surface area contributed by atoms with Crippen LogP contribution in [0.3, 0.4) is 0 Å². The molecule has 4 atom stereocenters. The number of amides is 4. The van der Waals surface area contributed by atoms with E-state index in [-0.39, 0.29) is 26.4 Å². The predicted octanol–water partition coefficient (Wildman–Crippen LogP) is 1.23. The molecular formula is C30H40N4O8. The Morgan fingerprint density at radius 1 is 0.452 bits per heavy atom. The van der Waals surface area contributed by atoms with Crippen molar-refractivity contribution < 1.29 is 38.1 Å². The van der Waals surface area contributed by atoms with Crippen molar-refractivity contribution in [3.05, 3.63) is 69.8 Å². The number of hydrogen-bond donors (Lipinski definition) is 4. The van der Waals surface area contributed by atoms with Crippen molar-refractivity contribution in [1.29, 1.82) is 0 Å². The molecule has 4 amide bonds. The van der Waals surface area contributed by atoms with Crippen LogP contribution in [0.15, 0.2) is 36.4 Å². The molecule has 42 heavy (non-hydrogen) atoms. The molecule has 2 aromatic carbocycles. The van der Waals surface area contributed by atoms with Crippen molar-refractivity contribution in [2.45, 2.75) is 38.0 Å². The summed E-state index contributed by atoms with van der Waals surface area (Å²) in [6.45, 7) is 4.03. The number of fused-ring (bicyclic) bond motifs is 4. The number of rotatable bonds is 8. The number of carbonyl (C=O) groups is 4. The van der Waals surface area contributed by atoms with Crippen LogP contribution in [0, 0.1) is 13.8 Å². The van der Waals surface area contributed by atoms with E-state index in [4.69, 9.17) is 18.9 Å². The second-order valence-corrected chi connectivity index (χ2v) is 10.3. The molecule has 1 aliphatic rings. The highest BCUT2D eigenvalue weighted by Gasteiger charge is 2.28. The summed E-state index contributed by atoms with van der Waals surface area (Å²) >= 11 is 0. The van der Waals surface area contributed by atoms with Gasteiger partial charge in [-0.25, -0.2) is 0 Å². The van der Waals surface area contributed by atoms with Gasteiger partial charge in [-0.05, 0) is 36.1 Å². The Kier molecular flexibility index (Phi) is 12.0. The van der Waals surface area contributed by atoms with Gasteiger partial charge in [-0.1, -0.05) is 47.5 Å². The molecule has 0 saturated heterocycles. The second kappa shape index (κ2) is 15.4. The minimum absolute atomic E-state index is 0.0786. The minimum atomic E-state index is -0.846. The fourth-order valence-corrected chi connectivity index (χ4v) is 4.94. The van der Waals surface area contributed by atoms with Gasteiger partial charge in [-0.15, -0.1) is 0 Å². The molecule has 1 aliphatic heterocycles. The normalized spacial score (nSPS) is 21.9. The first-order valence-corrected chi connectivity index (χ1v) is 13.5. The Morgan fingerprint density at radius 2 is 0.667 bits per heavy atom. The smallest absolute Gasteiger partial charge is 0.309 e. The molecular weight excluding hydrogens is 544 g/mol. The zero-order valence-electron chi connectivity index (χ0n) is 24.9. The van der Waals surface area contributed by atoms with Crippen LogP contribution in [0.25, 0.3) is 0 Å². The van der Waals surface area contributed by atoms with Gasteiger partial charge in [-0.3, -0.25) is 19.2 Å². The molecule has 0 fully saturated rings.